The number of aromatic nitrogens is 2. The van der Waals surface area contributed by atoms with Crippen molar-refractivity contribution >= 4 is 29.0 Å². The van der Waals surface area contributed by atoms with Crippen LogP contribution in [0.15, 0.2) is 6.07 Å². The Morgan fingerprint density at radius 2 is 2.05 bits per heavy atom. The predicted molar refractivity (Wildman–Crippen MR) is 77.1 cm³/mol. The van der Waals surface area contributed by atoms with Gasteiger partial charge in [-0.2, -0.15) is 0 Å². The molecule has 3 atom stereocenters. The van der Waals surface area contributed by atoms with Gasteiger partial charge in [-0.3, -0.25) is 0 Å². The van der Waals surface area contributed by atoms with E-state index in [0.717, 1.165) is 25.8 Å². The summed E-state index contributed by atoms with van der Waals surface area (Å²) in [4.78, 5) is 10.1. The first-order valence-electron chi connectivity index (χ1n) is 6.76. The summed E-state index contributed by atoms with van der Waals surface area (Å²) < 4.78 is 0. The highest BCUT2D eigenvalue weighted by Gasteiger charge is 2.56. The number of aliphatic hydroxyl groups excluding tert-OH is 2. The molecule has 20 heavy (non-hydrogen) atoms. The summed E-state index contributed by atoms with van der Waals surface area (Å²) in [5.74, 6) is 1.04. The smallest absolute Gasteiger partial charge is 0.225 e. The number of anilines is 1. The Hall–Kier alpha value is -0.620. The van der Waals surface area contributed by atoms with Crippen LogP contribution in [0, 0.1) is 11.3 Å². The van der Waals surface area contributed by atoms with E-state index >= 15 is 0 Å². The molecule has 1 aromatic rings. The zero-order chi connectivity index (χ0) is 14.3. The summed E-state index contributed by atoms with van der Waals surface area (Å²) in [5.41, 5.74) is 0.208. The molecule has 3 rings (SSSR count). The maximum atomic E-state index is 9.67. The lowest BCUT2D eigenvalue weighted by atomic mass is 9.86. The second-order valence-corrected chi connectivity index (χ2v) is 6.47. The van der Waals surface area contributed by atoms with E-state index in [-0.39, 0.29) is 30.0 Å². The molecule has 1 saturated heterocycles. The fourth-order valence-corrected chi connectivity index (χ4v) is 3.84. The van der Waals surface area contributed by atoms with E-state index in [2.05, 4.69) is 9.97 Å². The molecule has 2 heterocycles. The number of nitrogens with zero attached hydrogens (tertiary/aromatic N) is 3. The van der Waals surface area contributed by atoms with Gasteiger partial charge in [0.05, 0.1) is 12.6 Å². The maximum Gasteiger partial charge on any atom is 0.225 e. The fraction of sp³-hybridized carbons (Fsp3) is 0.692. The quantitative estimate of drug-likeness (QED) is 0.656. The highest BCUT2D eigenvalue weighted by atomic mass is 35.5. The third-order valence-electron chi connectivity index (χ3n) is 4.67. The lowest BCUT2D eigenvalue weighted by molar-refractivity contribution is 0.179. The summed E-state index contributed by atoms with van der Waals surface area (Å²) in [7, 11) is 0. The molecule has 2 aliphatic rings. The summed E-state index contributed by atoms with van der Waals surface area (Å²) in [6.45, 7) is 1.08. The molecule has 0 radical (unpaired) electrons. The molecule has 1 spiro atoms. The van der Waals surface area contributed by atoms with Crippen LogP contribution in [0.2, 0.25) is 10.4 Å². The number of hydrogen-bond donors (Lipinski definition) is 2. The van der Waals surface area contributed by atoms with Crippen molar-refractivity contribution in [2.45, 2.75) is 25.3 Å². The van der Waals surface area contributed by atoms with Gasteiger partial charge in [0.2, 0.25) is 5.28 Å². The molecule has 1 aromatic heterocycles. The van der Waals surface area contributed by atoms with E-state index < -0.39 is 0 Å². The van der Waals surface area contributed by atoms with Crippen molar-refractivity contribution in [3.8, 4) is 0 Å². The molecule has 0 amide bonds. The highest BCUT2D eigenvalue weighted by Crippen LogP contribution is 2.60. The number of hydrogen-bond acceptors (Lipinski definition) is 5. The van der Waals surface area contributed by atoms with Crippen LogP contribution in [-0.4, -0.2) is 46.0 Å². The Morgan fingerprint density at radius 3 is 2.65 bits per heavy atom. The van der Waals surface area contributed by atoms with Gasteiger partial charge < -0.3 is 15.1 Å². The molecule has 3 unspecified atom stereocenters. The average Bonchev–Trinajstić information content (AvgIpc) is 3.10. The summed E-state index contributed by atoms with van der Waals surface area (Å²) in [6, 6.07) is 1.66. The van der Waals surface area contributed by atoms with Gasteiger partial charge in [0.25, 0.3) is 0 Å². The number of piperidine rings is 1. The minimum atomic E-state index is -0.0117. The second-order valence-electron chi connectivity index (χ2n) is 5.75. The molecule has 110 valence electrons. The summed E-state index contributed by atoms with van der Waals surface area (Å²) in [6.07, 6.45) is 2.92. The van der Waals surface area contributed by atoms with Gasteiger partial charge in [-0.15, -0.1) is 0 Å². The van der Waals surface area contributed by atoms with Gasteiger partial charge in [-0.25, -0.2) is 9.97 Å². The Balaban J connectivity index is 1.80. The minimum Gasteiger partial charge on any atom is -0.396 e. The summed E-state index contributed by atoms with van der Waals surface area (Å²) in [5, 5.41) is 19.4. The fourth-order valence-electron chi connectivity index (χ4n) is 3.44. The van der Waals surface area contributed by atoms with Crippen molar-refractivity contribution in [3.05, 3.63) is 16.5 Å². The first kappa shape index (κ1) is 14.3. The number of aliphatic hydroxyl groups is 2. The molecule has 0 bridgehead atoms. The Labute approximate surface area is 127 Å². The van der Waals surface area contributed by atoms with Gasteiger partial charge >= 0.3 is 0 Å². The molecule has 1 saturated carbocycles. The van der Waals surface area contributed by atoms with Crippen LogP contribution < -0.4 is 4.90 Å². The predicted octanol–water partition coefficient (Wildman–Crippen LogP) is 1.74. The molecule has 1 aliphatic heterocycles. The minimum absolute atomic E-state index is 0.0117. The topological polar surface area (TPSA) is 69.5 Å². The van der Waals surface area contributed by atoms with Gasteiger partial charge in [-0.05, 0) is 42.2 Å². The van der Waals surface area contributed by atoms with Crippen LogP contribution in [0.4, 0.5) is 5.82 Å². The molecule has 7 heteroatoms. The molecular weight excluding hydrogens is 301 g/mol. The van der Waals surface area contributed by atoms with Gasteiger partial charge in [0.15, 0.2) is 0 Å². The monoisotopic (exact) mass is 317 g/mol. The van der Waals surface area contributed by atoms with Crippen molar-refractivity contribution in [1.82, 2.24) is 9.97 Å². The molecule has 1 aliphatic carbocycles. The van der Waals surface area contributed by atoms with Gasteiger partial charge in [0, 0.05) is 19.2 Å². The SMILES string of the molecule is OCC1CC2(CCN1c1cc(Cl)nc(Cl)n1)CC2CO. The van der Waals surface area contributed by atoms with E-state index in [1.54, 1.807) is 6.07 Å². The van der Waals surface area contributed by atoms with Crippen LogP contribution >= 0.6 is 23.2 Å². The van der Waals surface area contributed by atoms with E-state index in [0.29, 0.717) is 16.9 Å². The molecular formula is C13H17Cl2N3O2. The van der Waals surface area contributed by atoms with Crippen molar-refractivity contribution in [2.75, 3.05) is 24.7 Å². The number of halogens is 2. The van der Waals surface area contributed by atoms with Gasteiger partial charge in [0.1, 0.15) is 11.0 Å². The zero-order valence-corrected chi connectivity index (χ0v) is 12.5. The van der Waals surface area contributed by atoms with Crippen molar-refractivity contribution in [2.24, 2.45) is 11.3 Å². The summed E-state index contributed by atoms with van der Waals surface area (Å²) >= 11 is 11.8. The lowest BCUT2D eigenvalue weighted by Gasteiger charge is -2.40. The van der Waals surface area contributed by atoms with Crippen molar-refractivity contribution < 1.29 is 10.2 Å². The third kappa shape index (κ3) is 2.48. The van der Waals surface area contributed by atoms with Crippen LogP contribution in [0.25, 0.3) is 0 Å². The van der Waals surface area contributed by atoms with Crippen LogP contribution in [-0.2, 0) is 0 Å². The van der Waals surface area contributed by atoms with E-state index in [4.69, 9.17) is 23.2 Å². The normalized spacial score (nSPS) is 32.7. The number of rotatable bonds is 3. The lowest BCUT2D eigenvalue weighted by Crippen LogP contribution is -2.46. The van der Waals surface area contributed by atoms with E-state index in [1.807, 2.05) is 4.90 Å². The van der Waals surface area contributed by atoms with Gasteiger partial charge in [-0.1, -0.05) is 11.6 Å². The largest absolute Gasteiger partial charge is 0.396 e. The van der Waals surface area contributed by atoms with Crippen LogP contribution in [0.3, 0.4) is 0 Å². The Morgan fingerprint density at radius 1 is 1.25 bits per heavy atom. The standard InChI is InChI=1S/C13H17Cl2N3O2/c14-10-3-11(17-12(15)16-10)18-2-1-13(4-8(13)6-19)5-9(18)7-20/h3,8-9,19-20H,1-2,4-7H2. The van der Waals surface area contributed by atoms with E-state index in [9.17, 15) is 10.2 Å². The highest BCUT2D eigenvalue weighted by molar-refractivity contribution is 6.32. The Bertz CT molecular complexity index is 496. The maximum absolute atomic E-state index is 9.67. The molecule has 5 nitrogen and oxygen atoms in total. The molecule has 2 fully saturated rings. The molecule has 2 N–H and O–H groups in total. The van der Waals surface area contributed by atoms with Crippen LogP contribution in [0.5, 0.6) is 0 Å². The van der Waals surface area contributed by atoms with E-state index in [1.165, 1.54) is 0 Å². The zero-order valence-electron chi connectivity index (χ0n) is 11.0. The average molecular weight is 318 g/mol. The van der Waals surface area contributed by atoms with Crippen molar-refractivity contribution in [3.63, 3.8) is 0 Å². The Kier molecular flexibility index (Phi) is 3.79. The first-order valence-corrected chi connectivity index (χ1v) is 7.52. The molecule has 0 aromatic carbocycles. The third-order valence-corrected chi connectivity index (χ3v) is 5.03. The van der Waals surface area contributed by atoms with Crippen molar-refractivity contribution in [1.29, 1.82) is 0 Å². The second kappa shape index (κ2) is 5.30. The first-order chi connectivity index (χ1) is 9.58. The van der Waals surface area contributed by atoms with Crippen LogP contribution in [0.1, 0.15) is 19.3 Å².